The van der Waals surface area contributed by atoms with Crippen molar-refractivity contribution in [3.05, 3.63) is 24.3 Å². The molecule has 0 spiro atoms. The lowest BCUT2D eigenvalue weighted by atomic mass is 10.2. The molecule has 0 aliphatic carbocycles. The van der Waals surface area contributed by atoms with Gasteiger partial charge in [0.25, 0.3) is 15.9 Å². The van der Waals surface area contributed by atoms with E-state index >= 15 is 0 Å². The number of rotatable bonds is 8. The summed E-state index contributed by atoms with van der Waals surface area (Å²) in [6.07, 6.45) is 3.39. The molecule has 33 heavy (non-hydrogen) atoms. The van der Waals surface area contributed by atoms with Gasteiger partial charge in [0.1, 0.15) is 5.84 Å². The standard InChI is InChI=1S/C21H26N4O7S/c26-18(14-32-21(29)10-12-25-19(27)8-9-20(25)28)23-15-5-4-6-16(13-15)33(30,31)24-17-7-2-1-3-11-22-17/h4-6,13H,1-3,7-12,14H2,(H,22,24)(H,23,26). The number of carbonyl (C=O) groups is 4. The number of anilines is 1. The molecule has 2 heterocycles. The number of likely N-dealkylation sites (tertiary alicyclic amines) is 1. The van der Waals surface area contributed by atoms with E-state index in [9.17, 15) is 27.6 Å². The average molecular weight is 479 g/mol. The maximum absolute atomic E-state index is 12.7. The first-order valence-corrected chi connectivity index (χ1v) is 12.2. The van der Waals surface area contributed by atoms with E-state index in [-0.39, 0.29) is 48.2 Å². The topological polar surface area (TPSA) is 151 Å². The van der Waals surface area contributed by atoms with Gasteiger partial charge in [-0.05, 0) is 31.0 Å². The highest BCUT2D eigenvalue weighted by Crippen LogP contribution is 2.17. The monoisotopic (exact) mass is 478 g/mol. The first-order chi connectivity index (χ1) is 15.7. The van der Waals surface area contributed by atoms with Crippen molar-refractivity contribution >= 4 is 45.2 Å². The van der Waals surface area contributed by atoms with Crippen LogP contribution >= 0.6 is 0 Å². The van der Waals surface area contributed by atoms with Crippen LogP contribution < -0.4 is 10.0 Å². The molecular weight excluding hydrogens is 452 g/mol. The second-order valence-corrected chi connectivity index (χ2v) is 9.35. The van der Waals surface area contributed by atoms with Crippen LogP contribution in [0.2, 0.25) is 0 Å². The number of benzene rings is 1. The zero-order valence-corrected chi connectivity index (χ0v) is 18.9. The molecule has 0 unspecified atom stereocenters. The predicted molar refractivity (Wildman–Crippen MR) is 118 cm³/mol. The molecule has 0 bridgehead atoms. The lowest BCUT2D eigenvalue weighted by Gasteiger charge is -2.13. The van der Waals surface area contributed by atoms with Crippen molar-refractivity contribution in [2.45, 2.75) is 49.8 Å². The van der Waals surface area contributed by atoms with Crippen LogP contribution in [0.3, 0.4) is 0 Å². The van der Waals surface area contributed by atoms with Crippen LogP contribution in [0.15, 0.2) is 34.2 Å². The number of aliphatic imine (C=N–C) groups is 1. The Morgan fingerprint density at radius 2 is 1.82 bits per heavy atom. The second-order valence-electron chi connectivity index (χ2n) is 7.67. The van der Waals surface area contributed by atoms with E-state index in [2.05, 4.69) is 15.0 Å². The highest BCUT2D eigenvalue weighted by Gasteiger charge is 2.29. The third-order valence-electron chi connectivity index (χ3n) is 5.11. The highest BCUT2D eigenvalue weighted by molar-refractivity contribution is 7.90. The lowest BCUT2D eigenvalue weighted by Crippen LogP contribution is -2.32. The van der Waals surface area contributed by atoms with Gasteiger partial charge in [0.2, 0.25) is 11.8 Å². The first-order valence-electron chi connectivity index (χ1n) is 10.7. The molecular formula is C21H26N4O7S. The Kier molecular flexibility index (Phi) is 8.15. The highest BCUT2D eigenvalue weighted by atomic mass is 32.2. The smallest absolute Gasteiger partial charge is 0.308 e. The fraction of sp³-hybridized carbons (Fsp3) is 0.476. The minimum Gasteiger partial charge on any atom is -0.456 e. The molecule has 11 nitrogen and oxygen atoms in total. The molecule has 0 aromatic heterocycles. The summed E-state index contributed by atoms with van der Waals surface area (Å²) >= 11 is 0. The van der Waals surface area contributed by atoms with Gasteiger partial charge in [-0.15, -0.1) is 0 Å². The Morgan fingerprint density at radius 3 is 2.58 bits per heavy atom. The van der Waals surface area contributed by atoms with Crippen molar-refractivity contribution in [1.29, 1.82) is 0 Å². The van der Waals surface area contributed by atoms with E-state index in [0.29, 0.717) is 18.8 Å². The van der Waals surface area contributed by atoms with Gasteiger partial charge in [-0.25, -0.2) is 8.42 Å². The van der Waals surface area contributed by atoms with Gasteiger partial charge < -0.3 is 10.1 Å². The summed E-state index contributed by atoms with van der Waals surface area (Å²) in [7, 11) is -3.86. The number of carbonyl (C=O) groups excluding carboxylic acids is 4. The summed E-state index contributed by atoms with van der Waals surface area (Å²) in [5.41, 5.74) is 0.218. The van der Waals surface area contributed by atoms with Gasteiger partial charge in [0, 0.05) is 38.0 Å². The van der Waals surface area contributed by atoms with Crippen molar-refractivity contribution in [3.63, 3.8) is 0 Å². The molecule has 2 aliphatic rings. The number of esters is 1. The van der Waals surface area contributed by atoms with E-state index in [1.165, 1.54) is 24.3 Å². The second kappa shape index (κ2) is 11.0. The average Bonchev–Trinajstić information content (AvgIpc) is 2.94. The summed E-state index contributed by atoms with van der Waals surface area (Å²) in [6.45, 7) is -0.0968. The SMILES string of the molecule is O=C(COC(=O)CCN1C(=O)CCC1=O)Nc1cccc(S(=O)(=O)NC2=NCCCCC2)c1. The number of hydrogen-bond acceptors (Lipinski definition) is 8. The molecule has 1 aromatic carbocycles. The zero-order chi connectivity index (χ0) is 23.8. The largest absolute Gasteiger partial charge is 0.456 e. The Labute approximate surface area is 191 Å². The molecule has 2 N–H and O–H groups in total. The Hall–Kier alpha value is -3.28. The summed E-state index contributed by atoms with van der Waals surface area (Å²) in [4.78, 5) is 52.2. The molecule has 0 atom stereocenters. The molecule has 178 valence electrons. The van der Waals surface area contributed by atoms with Gasteiger partial charge in [0.15, 0.2) is 6.61 Å². The Morgan fingerprint density at radius 1 is 1.06 bits per heavy atom. The molecule has 2 aliphatic heterocycles. The molecule has 1 aromatic rings. The number of sulfonamides is 1. The normalized spacial score (nSPS) is 16.7. The number of amides is 3. The molecule has 1 saturated heterocycles. The van der Waals surface area contributed by atoms with Crippen LogP contribution in [-0.4, -0.2) is 62.5 Å². The van der Waals surface area contributed by atoms with Gasteiger partial charge in [-0.1, -0.05) is 12.5 Å². The molecule has 1 fully saturated rings. The van der Waals surface area contributed by atoms with E-state index in [1.54, 1.807) is 0 Å². The predicted octanol–water partition coefficient (Wildman–Crippen LogP) is 0.958. The van der Waals surface area contributed by atoms with E-state index in [4.69, 9.17) is 4.74 Å². The summed E-state index contributed by atoms with van der Waals surface area (Å²) < 4.78 is 32.7. The maximum atomic E-state index is 12.7. The lowest BCUT2D eigenvalue weighted by molar-refractivity contribution is -0.148. The van der Waals surface area contributed by atoms with Gasteiger partial charge >= 0.3 is 5.97 Å². The zero-order valence-electron chi connectivity index (χ0n) is 18.0. The summed E-state index contributed by atoms with van der Waals surface area (Å²) in [5.74, 6) is -1.64. The Balaban J connectivity index is 1.49. The third kappa shape index (κ3) is 7.11. The minimum absolute atomic E-state index is 0.0378. The molecule has 0 radical (unpaired) electrons. The number of hydrogen-bond donors (Lipinski definition) is 2. The molecule has 3 rings (SSSR count). The number of nitrogens with zero attached hydrogens (tertiary/aromatic N) is 2. The van der Waals surface area contributed by atoms with E-state index < -0.39 is 28.5 Å². The van der Waals surface area contributed by atoms with E-state index in [1.807, 2.05) is 0 Å². The summed E-state index contributed by atoms with van der Waals surface area (Å²) in [5, 5.41) is 2.48. The van der Waals surface area contributed by atoms with Crippen molar-refractivity contribution in [2.24, 2.45) is 4.99 Å². The van der Waals surface area contributed by atoms with Gasteiger partial charge in [-0.3, -0.25) is 33.8 Å². The molecule has 12 heteroatoms. The van der Waals surface area contributed by atoms with Crippen molar-refractivity contribution < 1.29 is 32.3 Å². The number of nitrogens with one attached hydrogen (secondary N) is 2. The van der Waals surface area contributed by atoms with Gasteiger partial charge in [-0.2, -0.15) is 0 Å². The first kappa shape index (κ1) is 24.4. The summed E-state index contributed by atoms with van der Waals surface area (Å²) in [6, 6.07) is 5.68. The van der Waals surface area contributed by atoms with Crippen molar-refractivity contribution in [2.75, 3.05) is 25.0 Å². The van der Waals surface area contributed by atoms with Crippen LogP contribution in [0, 0.1) is 0 Å². The van der Waals surface area contributed by atoms with Crippen LogP contribution in [0.1, 0.15) is 44.9 Å². The van der Waals surface area contributed by atoms with Crippen molar-refractivity contribution in [3.8, 4) is 0 Å². The number of amidine groups is 1. The minimum atomic E-state index is -3.86. The molecule has 0 saturated carbocycles. The van der Waals surface area contributed by atoms with Crippen LogP contribution in [0.5, 0.6) is 0 Å². The fourth-order valence-corrected chi connectivity index (χ4v) is 4.54. The van der Waals surface area contributed by atoms with Crippen molar-refractivity contribution in [1.82, 2.24) is 9.62 Å². The third-order valence-corrected chi connectivity index (χ3v) is 6.49. The number of ether oxygens (including phenoxy) is 1. The Bertz CT molecular complexity index is 1050. The van der Waals surface area contributed by atoms with Crippen LogP contribution in [0.4, 0.5) is 5.69 Å². The van der Waals surface area contributed by atoms with E-state index in [0.717, 1.165) is 24.2 Å². The molecule has 3 amide bonds. The quantitative estimate of drug-likeness (QED) is 0.417. The van der Waals surface area contributed by atoms with Crippen LogP contribution in [0.25, 0.3) is 0 Å². The van der Waals surface area contributed by atoms with Gasteiger partial charge in [0.05, 0.1) is 11.3 Å². The number of imide groups is 1. The maximum Gasteiger partial charge on any atom is 0.308 e. The fourth-order valence-electron chi connectivity index (χ4n) is 3.40. The van der Waals surface area contributed by atoms with Crippen LogP contribution in [-0.2, 0) is 33.9 Å².